The number of fused-ring (bicyclic) bond motifs is 1. The van der Waals surface area contributed by atoms with E-state index in [0.29, 0.717) is 25.0 Å². The lowest BCUT2D eigenvalue weighted by atomic mass is 9.87. The summed E-state index contributed by atoms with van der Waals surface area (Å²) < 4.78 is 28.9. The van der Waals surface area contributed by atoms with Crippen LogP contribution in [0.1, 0.15) is 77.2 Å². The topological polar surface area (TPSA) is 110 Å². The van der Waals surface area contributed by atoms with E-state index in [1.54, 1.807) is 32.3 Å². The molecule has 2 fully saturated rings. The van der Waals surface area contributed by atoms with Crippen LogP contribution in [0.25, 0.3) is 10.9 Å². The number of carboxylic acids is 1. The number of hydrogen-bond donors (Lipinski definition) is 2. The van der Waals surface area contributed by atoms with Gasteiger partial charge in [0, 0.05) is 36.8 Å². The minimum Gasteiger partial charge on any atom is -0.489 e. The van der Waals surface area contributed by atoms with Gasteiger partial charge in [-0.3, -0.25) is 4.79 Å². The van der Waals surface area contributed by atoms with Gasteiger partial charge in [0.05, 0.1) is 17.5 Å². The summed E-state index contributed by atoms with van der Waals surface area (Å²) in [5, 5.41) is 12.5. The number of aromatic nitrogens is 1. The van der Waals surface area contributed by atoms with Gasteiger partial charge in [-0.15, -0.1) is 0 Å². The quantitative estimate of drug-likeness (QED) is 0.548. The second-order valence-corrected chi connectivity index (χ2v) is 11.5. The van der Waals surface area contributed by atoms with Crippen molar-refractivity contribution in [3.8, 4) is 5.75 Å². The maximum atomic E-state index is 15.7. The molecule has 9 nitrogen and oxygen atoms in total. The highest BCUT2D eigenvalue weighted by Crippen LogP contribution is 2.45. The Bertz CT molecular complexity index is 1290. The zero-order valence-electron chi connectivity index (χ0n) is 22.3. The fraction of sp³-hybridized carbons (Fsp3) is 0.593. The van der Waals surface area contributed by atoms with E-state index in [9.17, 15) is 19.5 Å². The van der Waals surface area contributed by atoms with Crippen molar-refractivity contribution in [1.29, 1.82) is 0 Å². The third-order valence-corrected chi connectivity index (χ3v) is 7.01. The highest BCUT2D eigenvalue weighted by Gasteiger charge is 2.40. The van der Waals surface area contributed by atoms with Gasteiger partial charge in [-0.1, -0.05) is 0 Å². The molecular formula is C27H36FN3O6. The fourth-order valence-electron chi connectivity index (χ4n) is 5.03. The number of nitrogens with one attached hydrogen (secondary N) is 1. The number of pyridine rings is 1. The summed E-state index contributed by atoms with van der Waals surface area (Å²) in [6.45, 7) is 12.2. The highest BCUT2D eigenvalue weighted by atomic mass is 19.1. The van der Waals surface area contributed by atoms with E-state index in [4.69, 9.17) is 9.47 Å². The monoisotopic (exact) mass is 517 g/mol. The van der Waals surface area contributed by atoms with Crippen molar-refractivity contribution < 1.29 is 28.6 Å². The average Bonchev–Trinajstić information content (AvgIpc) is 3.48. The Kier molecular flexibility index (Phi) is 6.90. The van der Waals surface area contributed by atoms with Crippen molar-refractivity contribution >= 4 is 28.7 Å². The second-order valence-electron chi connectivity index (χ2n) is 11.5. The van der Waals surface area contributed by atoms with Crippen LogP contribution >= 0.6 is 0 Å². The van der Waals surface area contributed by atoms with Gasteiger partial charge < -0.3 is 29.4 Å². The molecule has 202 valence electrons. The molecule has 1 aromatic carbocycles. The third kappa shape index (κ3) is 5.38. The molecule has 1 atom stereocenters. The molecule has 1 aliphatic heterocycles. The molecule has 2 aromatic rings. The van der Waals surface area contributed by atoms with Crippen LogP contribution in [0.5, 0.6) is 5.75 Å². The zero-order valence-corrected chi connectivity index (χ0v) is 22.3. The Morgan fingerprint density at radius 1 is 1.19 bits per heavy atom. The minimum atomic E-state index is -1.34. The number of aromatic carboxylic acids is 1. The van der Waals surface area contributed by atoms with Gasteiger partial charge in [0.25, 0.3) is 0 Å². The zero-order chi connectivity index (χ0) is 27.3. The van der Waals surface area contributed by atoms with Gasteiger partial charge >= 0.3 is 12.1 Å². The van der Waals surface area contributed by atoms with Gasteiger partial charge in [-0.05, 0) is 66.9 Å². The van der Waals surface area contributed by atoms with Crippen molar-refractivity contribution in [2.24, 2.45) is 5.92 Å². The molecule has 0 radical (unpaired) electrons. The van der Waals surface area contributed by atoms with Gasteiger partial charge in [0.2, 0.25) is 5.43 Å². The summed E-state index contributed by atoms with van der Waals surface area (Å²) >= 11 is 0. The highest BCUT2D eigenvalue weighted by molar-refractivity contribution is 5.97. The number of carbonyl (C=O) groups excluding carboxylic acids is 1. The Labute approximate surface area is 215 Å². The molecule has 2 aliphatic rings. The maximum absolute atomic E-state index is 15.7. The average molecular weight is 518 g/mol. The Hall–Kier alpha value is -3.30. The van der Waals surface area contributed by atoms with Gasteiger partial charge in [-0.25, -0.2) is 14.0 Å². The Morgan fingerprint density at radius 2 is 1.86 bits per heavy atom. The van der Waals surface area contributed by atoms with Crippen LogP contribution in [-0.4, -0.2) is 52.6 Å². The number of rotatable bonds is 7. The molecule has 10 heteroatoms. The van der Waals surface area contributed by atoms with Crippen LogP contribution in [0.2, 0.25) is 0 Å². The van der Waals surface area contributed by atoms with Gasteiger partial charge in [-0.2, -0.15) is 0 Å². The molecule has 1 aromatic heterocycles. The van der Waals surface area contributed by atoms with Gasteiger partial charge in [0.1, 0.15) is 16.9 Å². The normalized spacial score (nSPS) is 18.2. The smallest absolute Gasteiger partial charge is 0.408 e. The first-order valence-electron chi connectivity index (χ1n) is 12.8. The van der Waals surface area contributed by atoms with Crippen molar-refractivity contribution in [3.63, 3.8) is 0 Å². The number of carboxylic acid groups (broad SMARTS) is 1. The number of anilines is 1. The number of halogens is 1. The van der Waals surface area contributed by atoms with Crippen LogP contribution in [0.3, 0.4) is 0 Å². The number of benzene rings is 1. The summed E-state index contributed by atoms with van der Waals surface area (Å²) in [5.41, 5.74) is -1.69. The third-order valence-electron chi connectivity index (χ3n) is 7.01. The first-order chi connectivity index (χ1) is 17.2. The lowest BCUT2D eigenvalue weighted by molar-refractivity contribution is 0.0441. The predicted molar refractivity (Wildman–Crippen MR) is 138 cm³/mol. The summed E-state index contributed by atoms with van der Waals surface area (Å²) in [7, 11) is 0. The minimum absolute atomic E-state index is 0.000769. The molecule has 2 heterocycles. The van der Waals surface area contributed by atoms with Crippen LogP contribution in [0.15, 0.2) is 17.1 Å². The van der Waals surface area contributed by atoms with E-state index < -0.39 is 34.4 Å². The molecular weight excluding hydrogens is 481 g/mol. The largest absolute Gasteiger partial charge is 0.489 e. The molecule has 1 aliphatic carbocycles. The first kappa shape index (κ1) is 26.8. The number of ether oxygens (including phenoxy) is 2. The van der Waals surface area contributed by atoms with E-state index >= 15 is 4.39 Å². The molecule has 1 saturated heterocycles. The first-order valence-corrected chi connectivity index (χ1v) is 12.8. The molecule has 1 saturated carbocycles. The number of alkyl carbamates (subject to hydrolysis) is 1. The van der Waals surface area contributed by atoms with Gasteiger partial charge in [0.15, 0.2) is 11.6 Å². The fourth-order valence-corrected chi connectivity index (χ4v) is 5.03. The van der Waals surface area contributed by atoms with E-state index in [1.807, 2.05) is 18.7 Å². The molecule has 37 heavy (non-hydrogen) atoms. The lowest BCUT2D eigenvalue weighted by Crippen LogP contribution is -2.51. The van der Waals surface area contributed by atoms with Crippen LogP contribution < -0.4 is 20.4 Å². The number of carbonyl (C=O) groups is 2. The van der Waals surface area contributed by atoms with Crippen molar-refractivity contribution in [1.82, 2.24) is 9.88 Å². The van der Waals surface area contributed by atoms with E-state index in [0.717, 1.165) is 18.9 Å². The van der Waals surface area contributed by atoms with Crippen molar-refractivity contribution in [2.75, 3.05) is 24.6 Å². The van der Waals surface area contributed by atoms with E-state index in [-0.39, 0.29) is 41.0 Å². The summed E-state index contributed by atoms with van der Waals surface area (Å²) in [5.74, 6) is -1.75. The van der Waals surface area contributed by atoms with Crippen molar-refractivity contribution in [3.05, 3.63) is 33.9 Å². The molecule has 1 amide bonds. The molecule has 0 bridgehead atoms. The van der Waals surface area contributed by atoms with E-state index in [2.05, 4.69) is 5.32 Å². The SMILES string of the molecule is CCOc1c(N2CC[C@@H](C(C)(C)NC(=O)OC(C)(C)C)C2)c(F)cc2c(=O)c(C(=O)O)cn(C3CC3)c12. The van der Waals surface area contributed by atoms with Crippen LogP contribution in [-0.2, 0) is 4.74 Å². The predicted octanol–water partition coefficient (Wildman–Crippen LogP) is 4.70. The number of hydrogen-bond acceptors (Lipinski definition) is 6. The Morgan fingerprint density at radius 3 is 2.43 bits per heavy atom. The maximum Gasteiger partial charge on any atom is 0.408 e. The standard InChI is InChI=1S/C27H36FN3O6/c1-7-36-23-20-17(22(32)18(24(33)34)14-31(20)16-8-9-16)12-19(28)21(23)30-11-10-15(13-30)27(5,6)29-25(35)37-26(2,3)4/h12,14-16H,7-11,13H2,1-6H3,(H,29,35)(H,33,34)/t15-/m1/s1. The van der Waals surface area contributed by atoms with Crippen LogP contribution in [0, 0.1) is 11.7 Å². The number of nitrogens with zero attached hydrogens (tertiary/aromatic N) is 2. The van der Waals surface area contributed by atoms with Crippen LogP contribution in [0.4, 0.5) is 14.9 Å². The lowest BCUT2D eigenvalue weighted by Gasteiger charge is -2.34. The Balaban J connectivity index is 1.74. The summed E-state index contributed by atoms with van der Waals surface area (Å²) in [6.07, 6.45) is 3.22. The molecule has 0 unspecified atom stereocenters. The molecule has 0 spiro atoms. The van der Waals surface area contributed by atoms with Crippen molar-refractivity contribution in [2.45, 2.75) is 78.0 Å². The summed E-state index contributed by atoms with van der Waals surface area (Å²) in [4.78, 5) is 39.1. The summed E-state index contributed by atoms with van der Waals surface area (Å²) in [6, 6.07) is 1.17. The number of amides is 1. The van der Waals surface area contributed by atoms with E-state index in [1.165, 1.54) is 6.20 Å². The molecule has 2 N–H and O–H groups in total. The second kappa shape index (κ2) is 9.54. The molecule has 4 rings (SSSR count).